The molecule has 0 spiro atoms. The number of nitrogens with zero attached hydrogens (tertiary/aromatic N) is 2. The van der Waals surface area contributed by atoms with Crippen molar-refractivity contribution in [2.24, 2.45) is 4.99 Å². The lowest BCUT2D eigenvalue weighted by Gasteiger charge is -2.25. The van der Waals surface area contributed by atoms with Gasteiger partial charge in [-0.25, -0.2) is 4.99 Å². The highest BCUT2D eigenvalue weighted by molar-refractivity contribution is 7.07. The third-order valence-corrected chi connectivity index (χ3v) is 7.55. The van der Waals surface area contributed by atoms with Gasteiger partial charge in [0.15, 0.2) is 16.3 Å². The predicted octanol–water partition coefficient (Wildman–Crippen LogP) is 3.65. The SMILES string of the molecule is COc1cccc([C@@H]2C(C(=O)Nc3ccccc3)=C(C)N=c3s/c(=C\c4ccc5c(c4)OCCO5)c(=O)n32)c1. The van der Waals surface area contributed by atoms with Crippen LogP contribution in [0.1, 0.15) is 24.1 Å². The van der Waals surface area contributed by atoms with Crippen molar-refractivity contribution in [3.8, 4) is 17.2 Å². The Labute approximate surface area is 228 Å². The summed E-state index contributed by atoms with van der Waals surface area (Å²) in [6, 6.07) is 21.5. The number of thiazole rings is 1. The number of ether oxygens (including phenoxy) is 3. The Morgan fingerprint density at radius 3 is 2.64 bits per heavy atom. The molecule has 3 aromatic carbocycles. The molecule has 1 atom stereocenters. The number of carbonyl (C=O) groups excluding carboxylic acids is 1. The van der Waals surface area contributed by atoms with E-state index in [1.54, 1.807) is 18.6 Å². The number of rotatable bonds is 5. The summed E-state index contributed by atoms with van der Waals surface area (Å²) in [5.74, 6) is 1.63. The van der Waals surface area contributed by atoms with Crippen molar-refractivity contribution in [1.82, 2.24) is 4.57 Å². The fourth-order valence-corrected chi connectivity index (χ4v) is 5.81. The Balaban J connectivity index is 1.49. The third-order valence-electron chi connectivity index (χ3n) is 6.57. The monoisotopic (exact) mass is 539 g/mol. The fourth-order valence-electron chi connectivity index (χ4n) is 4.76. The highest BCUT2D eigenvalue weighted by Crippen LogP contribution is 2.33. The number of hydrogen-bond acceptors (Lipinski definition) is 7. The lowest BCUT2D eigenvalue weighted by Crippen LogP contribution is -2.40. The first-order chi connectivity index (χ1) is 19.0. The quantitative estimate of drug-likeness (QED) is 0.418. The van der Waals surface area contributed by atoms with Crippen LogP contribution >= 0.6 is 11.3 Å². The topological polar surface area (TPSA) is 91.2 Å². The second-order valence-corrected chi connectivity index (χ2v) is 10.1. The summed E-state index contributed by atoms with van der Waals surface area (Å²) in [4.78, 5) is 32.8. The number of carbonyl (C=O) groups is 1. The fraction of sp³-hybridized carbons (Fsp3) is 0.167. The number of fused-ring (bicyclic) bond motifs is 2. The van der Waals surface area contributed by atoms with E-state index in [9.17, 15) is 9.59 Å². The normalized spacial score (nSPS) is 16.4. The highest BCUT2D eigenvalue weighted by atomic mass is 32.1. The number of methoxy groups -OCH3 is 1. The Morgan fingerprint density at radius 2 is 1.85 bits per heavy atom. The van der Waals surface area contributed by atoms with E-state index in [-0.39, 0.29) is 11.5 Å². The molecule has 1 amide bonds. The number of anilines is 1. The molecular weight excluding hydrogens is 514 g/mol. The second kappa shape index (κ2) is 10.3. The van der Waals surface area contributed by atoms with Crippen molar-refractivity contribution < 1.29 is 19.0 Å². The van der Waals surface area contributed by atoms with E-state index in [0.29, 0.717) is 56.8 Å². The number of amides is 1. The lowest BCUT2D eigenvalue weighted by molar-refractivity contribution is -0.113. The molecule has 0 aliphatic carbocycles. The molecule has 4 aromatic rings. The molecule has 6 rings (SSSR count). The molecule has 8 nitrogen and oxygen atoms in total. The molecule has 196 valence electrons. The molecule has 1 aromatic heterocycles. The van der Waals surface area contributed by atoms with E-state index in [4.69, 9.17) is 19.2 Å². The molecule has 2 aliphatic rings. The second-order valence-electron chi connectivity index (χ2n) is 9.08. The van der Waals surface area contributed by atoms with Crippen molar-refractivity contribution >= 4 is 29.0 Å². The minimum absolute atomic E-state index is 0.237. The van der Waals surface area contributed by atoms with Gasteiger partial charge in [-0.3, -0.25) is 14.2 Å². The van der Waals surface area contributed by atoms with Crippen LogP contribution in [0.15, 0.2) is 93.9 Å². The van der Waals surface area contributed by atoms with E-state index in [0.717, 1.165) is 11.1 Å². The maximum Gasteiger partial charge on any atom is 0.271 e. The minimum atomic E-state index is -0.692. The van der Waals surface area contributed by atoms with Gasteiger partial charge in [0.2, 0.25) is 0 Å². The molecule has 0 fully saturated rings. The van der Waals surface area contributed by atoms with E-state index in [1.807, 2.05) is 78.9 Å². The third kappa shape index (κ3) is 4.72. The summed E-state index contributed by atoms with van der Waals surface area (Å²) < 4.78 is 18.9. The van der Waals surface area contributed by atoms with Crippen LogP contribution in [0.4, 0.5) is 5.69 Å². The number of para-hydroxylation sites is 1. The maximum absolute atomic E-state index is 13.9. The largest absolute Gasteiger partial charge is 0.497 e. The van der Waals surface area contributed by atoms with Crippen LogP contribution in [-0.2, 0) is 4.79 Å². The van der Waals surface area contributed by atoms with Crippen LogP contribution in [0, 0.1) is 0 Å². The molecule has 9 heteroatoms. The first kappa shape index (κ1) is 24.7. The molecule has 0 saturated heterocycles. The van der Waals surface area contributed by atoms with Gasteiger partial charge in [-0.15, -0.1) is 0 Å². The molecule has 0 radical (unpaired) electrons. The summed E-state index contributed by atoms with van der Waals surface area (Å²) >= 11 is 1.28. The van der Waals surface area contributed by atoms with Gasteiger partial charge in [-0.05, 0) is 60.5 Å². The smallest absolute Gasteiger partial charge is 0.271 e. The zero-order chi connectivity index (χ0) is 26.9. The van der Waals surface area contributed by atoms with Crippen LogP contribution in [0.2, 0.25) is 0 Å². The van der Waals surface area contributed by atoms with Crippen LogP contribution in [0.5, 0.6) is 17.2 Å². The summed E-state index contributed by atoms with van der Waals surface area (Å²) in [5.41, 5.74) is 2.91. The summed E-state index contributed by atoms with van der Waals surface area (Å²) in [6.07, 6.45) is 1.81. The standard InChI is InChI=1S/C30H25N3O5S/c1-18-26(28(34)32-21-8-4-3-5-9-21)27(20-7-6-10-22(17-20)36-2)33-29(35)25(39-30(33)31-18)16-19-11-12-23-24(15-19)38-14-13-37-23/h3-12,15-17,27H,13-14H2,1-2H3,(H,32,34)/b25-16-/t27-/m1/s1. The van der Waals surface area contributed by atoms with Crippen LogP contribution in [0.3, 0.4) is 0 Å². The predicted molar refractivity (Wildman–Crippen MR) is 149 cm³/mol. The Hall–Kier alpha value is -4.63. The van der Waals surface area contributed by atoms with Gasteiger partial charge in [-0.2, -0.15) is 0 Å². The van der Waals surface area contributed by atoms with Crippen molar-refractivity contribution in [3.63, 3.8) is 0 Å². The first-order valence-corrected chi connectivity index (χ1v) is 13.3. The zero-order valence-electron chi connectivity index (χ0n) is 21.3. The molecule has 39 heavy (non-hydrogen) atoms. The van der Waals surface area contributed by atoms with E-state index < -0.39 is 6.04 Å². The lowest BCUT2D eigenvalue weighted by atomic mass is 9.95. The maximum atomic E-state index is 13.9. The molecular formula is C30H25N3O5S. The Morgan fingerprint density at radius 1 is 1.05 bits per heavy atom. The van der Waals surface area contributed by atoms with Crippen LogP contribution in [0.25, 0.3) is 6.08 Å². The van der Waals surface area contributed by atoms with E-state index in [2.05, 4.69) is 5.32 Å². The van der Waals surface area contributed by atoms with Crippen molar-refractivity contribution in [2.45, 2.75) is 13.0 Å². The average molecular weight is 540 g/mol. The van der Waals surface area contributed by atoms with Gasteiger partial charge in [0.1, 0.15) is 19.0 Å². The van der Waals surface area contributed by atoms with Crippen molar-refractivity contribution in [3.05, 3.63) is 115 Å². The molecule has 0 unspecified atom stereocenters. The number of aromatic nitrogens is 1. The number of nitrogens with one attached hydrogen (secondary N) is 1. The molecule has 0 saturated carbocycles. The van der Waals surface area contributed by atoms with Crippen molar-refractivity contribution in [2.75, 3.05) is 25.6 Å². The number of allylic oxidation sites excluding steroid dienone is 1. The minimum Gasteiger partial charge on any atom is -0.497 e. The number of benzene rings is 3. The molecule has 1 N–H and O–H groups in total. The van der Waals surface area contributed by atoms with Gasteiger partial charge >= 0.3 is 0 Å². The van der Waals surface area contributed by atoms with E-state index in [1.165, 1.54) is 11.3 Å². The Kier molecular flexibility index (Phi) is 6.50. The van der Waals surface area contributed by atoms with E-state index >= 15 is 0 Å². The number of hydrogen-bond donors (Lipinski definition) is 1. The van der Waals surface area contributed by atoms with Gasteiger partial charge in [0.25, 0.3) is 11.5 Å². The summed E-state index contributed by atoms with van der Waals surface area (Å²) in [7, 11) is 1.59. The zero-order valence-corrected chi connectivity index (χ0v) is 22.2. The van der Waals surface area contributed by atoms with Gasteiger partial charge in [-0.1, -0.05) is 47.7 Å². The van der Waals surface area contributed by atoms with Gasteiger partial charge < -0.3 is 19.5 Å². The van der Waals surface area contributed by atoms with Gasteiger partial charge in [0, 0.05) is 5.69 Å². The summed E-state index contributed by atoms with van der Waals surface area (Å²) in [6.45, 7) is 2.78. The molecule has 2 aliphatic heterocycles. The summed E-state index contributed by atoms with van der Waals surface area (Å²) in [5, 5.41) is 2.96. The van der Waals surface area contributed by atoms with Crippen molar-refractivity contribution in [1.29, 1.82) is 0 Å². The Bertz CT molecular complexity index is 1790. The average Bonchev–Trinajstić information content (AvgIpc) is 3.26. The molecule has 3 heterocycles. The highest BCUT2D eigenvalue weighted by Gasteiger charge is 2.32. The first-order valence-electron chi connectivity index (χ1n) is 12.4. The van der Waals surface area contributed by atoms with Crippen LogP contribution < -0.4 is 34.4 Å². The van der Waals surface area contributed by atoms with Crippen LogP contribution in [-0.4, -0.2) is 30.8 Å². The van der Waals surface area contributed by atoms with Gasteiger partial charge in [0.05, 0.1) is 29.0 Å². The molecule has 0 bridgehead atoms.